The molecule has 0 spiro atoms. The number of carbonyl (C=O) groups is 2. The van der Waals surface area contributed by atoms with Crippen molar-refractivity contribution in [3.05, 3.63) is 71.8 Å². The van der Waals surface area contributed by atoms with E-state index in [-0.39, 0.29) is 34.5 Å². The fourth-order valence-corrected chi connectivity index (χ4v) is 9.26. The molecule has 4 nitrogen and oxygen atoms in total. The summed E-state index contributed by atoms with van der Waals surface area (Å²) in [5.41, 5.74) is 2.79. The standard InChI is InChI=1S/C33H42N2O2/c1-32-19-17-27-24(13-16-29-33(27,2)20-18-30(36)35-29)26(32)14-15-28(32)31(37)34-21-25(22-9-5-3-6-10-22)23-11-7-4-8-12-23/h3-12,24-29H,13-21H2,1-2H3,(H,34,37)(H,35,36)/t24-,26-,27+,28?,29?,32-,33+/m0/s1. The molecular weight excluding hydrogens is 456 g/mol. The van der Waals surface area contributed by atoms with Gasteiger partial charge in [0.25, 0.3) is 0 Å². The van der Waals surface area contributed by atoms with Gasteiger partial charge in [0.05, 0.1) is 0 Å². The number of nitrogens with one attached hydrogen (secondary N) is 2. The molecule has 4 aliphatic rings. The lowest BCUT2D eigenvalue weighted by atomic mass is 9.47. The minimum Gasteiger partial charge on any atom is -0.355 e. The predicted octanol–water partition coefficient (Wildman–Crippen LogP) is 6.07. The molecule has 37 heavy (non-hydrogen) atoms. The maximum atomic E-state index is 13.8. The Bertz CT molecular complexity index is 1090. The monoisotopic (exact) mass is 498 g/mol. The maximum absolute atomic E-state index is 13.8. The van der Waals surface area contributed by atoms with Crippen molar-refractivity contribution >= 4 is 11.8 Å². The molecular formula is C33H42N2O2. The van der Waals surface area contributed by atoms with Gasteiger partial charge in [-0.15, -0.1) is 0 Å². The highest BCUT2D eigenvalue weighted by Gasteiger charge is 2.61. The lowest BCUT2D eigenvalue weighted by Crippen LogP contribution is -2.61. The van der Waals surface area contributed by atoms with Crippen molar-refractivity contribution < 1.29 is 9.59 Å². The van der Waals surface area contributed by atoms with E-state index in [1.165, 1.54) is 30.4 Å². The number of rotatable bonds is 5. The second-order valence-electron chi connectivity index (χ2n) is 12.9. The van der Waals surface area contributed by atoms with E-state index in [1.807, 2.05) is 0 Å². The van der Waals surface area contributed by atoms with Gasteiger partial charge in [-0.1, -0.05) is 74.5 Å². The first-order valence-electron chi connectivity index (χ1n) is 14.6. The van der Waals surface area contributed by atoms with E-state index >= 15 is 0 Å². The van der Waals surface area contributed by atoms with Crippen LogP contribution in [0.3, 0.4) is 0 Å². The summed E-state index contributed by atoms with van der Waals surface area (Å²) < 4.78 is 0. The van der Waals surface area contributed by atoms with Gasteiger partial charge in [-0.2, -0.15) is 0 Å². The minimum absolute atomic E-state index is 0.0847. The lowest BCUT2D eigenvalue weighted by Gasteiger charge is -2.60. The van der Waals surface area contributed by atoms with E-state index in [4.69, 9.17) is 0 Å². The van der Waals surface area contributed by atoms with Crippen LogP contribution < -0.4 is 10.6 Å². The zero-order valence-corrected chi connectivity index (χ0v) is 22.4. The van der Waals surface area contributed by atoms with Gasteiger partial charge in [0.15, 0.2) is 0 Å². The number of carbonyl (C=O) groups excluding carboxylic acids is 2. The normalized spacial score (nSPS) is 36.7. The number of amides is 2. The van der Waals surface area contributed by atoms with Crippen LogP contribution in [-0.4, -0.2) is 24.4 Å². The summed E-state index contributed by atoms with van der Waals surface area (Å²) in [5.74, 6) is 2.73. The van der Waals surface area contributed by atoms with Crippen LogP contribution in [-0.2, 0) is 9.59 Å². The molecule has 1 saturated heterocycles. The zero-order chi connectivity index (χ0) is 25.6. The average Bonchev–Trinajstić information content (AvgIpc) is 3.28. The molecule has 2 aromatic carbocycles. The zero-order valence-electron chi connectivity index (χ0n) is 22.4. The van der Waals surface area contributed by atoms with Crippen molar-refractivity contribution in [2.24, 2.45) is 34.5 Å². The maximum Gasteiger partial charge on any atom is 0.223 e. The van der Waals surface area contributed by atoms with E-state index < -0.39 is 0 Å². The Hall–Kier alpha value is -2.62. The first kappa shape index (κ1) is 24.7. The van der Waals surface area contributed by atoms with Crippen LogP contribution in [0.2, 0.25) is 0 Å². The van der Waals surface area contributed by atoms with Gasteiger partial charge in [-0.25, -0.2) is 0 Å². The van der Waals surface area contributed by atoms with Gasteiger partial charge in [-0.3, -0.25) is 9.59 Å². The molecule has 0 radical (unpaired) electrons. The van der Waals surface area contributed by atoms with Crippen LogP contribution in [0.15, 0.2) is 60.7 Å². The Kier molecular flexibility index (Phi) is 6.41. The molecule has 1 aliphatic heterocycles. The fourth-order valence-electron chi connectivity index (χ4n) is 9.26. The number of benzene rings is 2. The van der Waals surface area contributed by atoms with E-state index in [9.17, 15) is 9.59 Å². The van der Waals surface area contributed by atoms with Crippen molar-refractivity contribution in [2.75, 3.05) is 6.54 Å². The van der Waals surface area contributed by atoms with Crippen LogP contribution >= 0.6 is 0 Å². The van der Waals surface area contributed by atoms with Crippen molar-refractivity contribution in [1.82, 2.24) is 10.6 Å². The molecule has 4 fully saturated rings. The molecule has 2 aromatic rings. The Morgan fingerprint density at radius 2 is 1.51 bits per heavy atom. The third kappa shape index (κ3) is 4.21. The molecule has 0 bridgehead atoms. The van der Waals surface area contributed by atoms with Crippen LogP contribution in [0.5, 0.6) is 0 Å². The average molecular weight is 499 g/mol. The van der Waals surface area contributed by atoms with Gasteiger partial charge in [0.2, 0.25) is 11.8 Å². The quantitative estimate of drug-likeness (QED) is 0.525. The summed E-state index contributed by atoms with van der Waals surface area (Å²) in [6, 6.07) is 21.5. The number of piperidine rings is 1. The van der Waals surface area contributed by atoms with Crippen molar-refractivity contribution in [3.63, 3.8) is 0 Å². The number of hydrogen-bond donors (Lipinski definition) is 2. The first-order chi connectivity index (χ1) is 17.9. The summed E-state index contributed by atoms with van der Waals surface area (Å²) in [5, 5.41) is 6.76. The molecule has 4 heteroatoms. The third-order valence-corrected chi connectivity index (χ3v) is 11.3. The molecule has 2 unspecified atom stereocenters. The third-order valence-electron chi connectivity index (χ3n) is 11.3. The van der Waals surface area contributed by atoms with E-state index in [2.05, 4.69) is 85.1 Å². The lowest BCUT2D eigenvalue weighted by molar-refractivity contribution is -0.141. The smallest absolute Gasteiger partial charge is 0.223 e. The predicted molar refractivity (Wildman–Crippen MR) is 147 cm³/mol. The van der Waals surface area contributed by atoms with Gasteiger partial charge in [-0.05, 0) is 84.7 Å². The summed E-state index contributed by atoms with van der Waals surface area (Å²) in [7, 11) is 0. The Labute approximate surface area is 222 Å². The Morgan fingerprint density at radius 1 is 0.865 bits per heavy atom. The van der Waals surface area contributed by atoms with Crippen LogP contribution in [0.25, 0.3) is 0 Å². The van der Waals surface area contributed by atoms with Gasteiger partial charge < -0.3 is 10.6 Å². The minimum atomic E-state index is 0.0847. The summed E-state index contributed by atoms with van der Waals surface area (Å²) in [6.07, 6.45) is 8.51. The molecule has 0 aromatic heterocycles. The van der Waals surface area contributed by atoms with E-state index in [0.717, 1.165) is 25.7 Å². The Balaban J connectivity index is 1.17. The van der Waals surface area contributed by atoms with Gasteiger partial charge in [0.1, 0.15) is 0 Å². The summed E-state index contributed by atoms with van der Waals surface area (Å²) in [4.78, 5) is 25.9. The van der Waals surface area contributed by atoms with Crippen LogP contribution in [0.1, 0.15) is 82.3 Å². The molecule has 2 amide bonds. The van der Waals surface area contributed by atoms with Crippen molar-refractivity contribution in [1.29, 1.82) is 0 Å². The SMILES string of the molecule is C[C@]12CCC(=O)NC1CC[C@@H]1[C@H]2CC[C@]2(C)C(C(=O)NCC(c3ccccc3)c3ccccc3)CC[C@@H]12. The van der Waals surface area contributed by atoms with Gasteiger partial charge >= 0.3 is 0 Å². The largest absolute Gasteiger partial charge is 0.355 e. The van der Waals surface area contributed by atoms with Crippen molar-refractivity contribution in [2.45, 2.75) is 77.2 Å². The fraction of sp³-hybridized carbons (Fsp3) is 0.576. The molecule has 3 aliphatic carbocycles. The van der Waals surface area contributed by atoms with E-state index in [1.54, 1.807) is 0 Å². The second kappa shape index (κ2) is 9.60. The molecule has 6 rings (SSSR count). The molecule has 1 heterocycles. The highest BCUT2D eigenvalue weighted by Crippen LogP contribution is 2.65. The van der Waals surface area contributed by atoms with Crippen LogP contribution in [0.4, 0.5) is 0 Å². The van der Waals surface area contributed by atoms with Gasteiger partial charge in [0, 0.05) is 30.8 Å². The highest BCUT2D eigenvalue weighted by molar-refractivity contribution is 5.80. The van der Waals surface area contributed by atoms with E-state index in [0.29, 0.717) is 36.8 Å². The summed E-state index contributed by atoms with van der Waals surface area (Å²) >= 11 is 0. The molecule has 2 N–H and O–H groups in total. The molecule has 3 saturated carbocycles. The topological polar surface area (TPSA) is 58.2 Å². The van der Waals surface area contributed by atoms with Crippen molar-refractivity contribution in [3.8, 4) is 0 Å². The Morgan fingerprint density at radius 3 is 2.19 bits per heavy atom. The number of hydrogen-bond acceptors (Lipinski definition) is 2. The molecule has 196 valence electrons. The van der Waals surface area contributed by atoms with Crippen LogP contribution in [0, 0.1) is 34.5 Å². The number of fused-ring (bicyclic) bond motifs is 5. The molecule has 7 atom stereocenters. The first-order valence-corrected chi connectivity index (χ1v) is 14.6. The summed E-state index contributed by atoms with van der Waals surface area (Å²) in [6.45, 7) is 5.51. The highest BCUT2D eigenvalue weighted by atomic mass is 16.2. The second-order valence-corrected chi connectivity index (χ2v) is 12.9.